The topological polar surface area (TPSA) is 123 Å². The summed E-state index contributed by atoms with van der Waals surface area (Å²) in [5.41, 5.74) is 17.3. The lowest BCUT2D eigenvalue weighted by molar-refractivity contribution is 0.194. The third kappa shape index (κ3) is 4.95. The quantitative estimate of drug-likeness (QED) is 0.258. The van der Waals surface area contributed by atoms with Crippen molar-refractivity contribution in [3.8, 4) is 11.3 Å². The summed E-state index contributed by atoms with van der Waals surface area (Å²) in [5, 5.41) is 11.6. The van der Waals surface area contributed by atoms with Gasteiger partial charge < -0.3 is 15.8 Å². The minimum Gasteiger partial charge on any atom is -0.453 e. The Bertz CT molecular complexity index is 1090. The van der Waals surface area contributed by atoms with E-state index in [1.165, 1.54) is 11.1 Å². The molecule has 1 aliphatic rings. The smallest absolute Gasteiger partial charge is 0.215 e. The highest BCUT2D eigenvalue weighted by Crippen LogP contribution is 2.25. The molecule has 3 aromatic rings. The number of hydrogen-bond acceptors (Lipinski definition) is 7. The van der Waals surface area contributed by atoms with Crippen LogP contribution in [0, 0.1) is 11.3 Å². The van der Waals surface area contributed by atoms with Crippen molar-refractivity contribution in [2.24, 2.45) is 11.7 Å². The fourth-order valence-corrected chi connectivity index (χ4v) is 3.75. The maximum Gasteiger partial charge on any atom is 0.215 e. The van der Waals surface area contributed by atoms with Crippen molar-refractivity contribution in [2.45, 2.75) is 32.4 Å². The Labute approximate surface area is 188 Å². The van der Waals surface area contributed by atoms with Gasteiger partial charge in [0.05, 0.1) is 11.9 Å². The molecule has 0 bridgehead atoms. The molecular formula is C25H30N6O. The number of nitrogens with two attached hydrogens (primary N) is 2. The van der Waals surface area contributed by atoms with Gasteiger partial charge in [0.15, 0.2) is 12.0 Å². The van der Waals surface area contributed by atoms with Gasteiger partial charge in [-0.05, 0) is 35.6 Å². The minimum absolute atomic E-state index is 0.0173. The van der Waals surface area contributed by atoms with Gasteiger partial charge in [-0.3, -0.25) is 11.1 Å². The molecule has 166 valence electrons. The summed E-state index contributed by atoms with van der Waals surface area (Å²) in [6, 6.07) is 16.1. The number of anilines is 1. The molecule has 4 rings (SSSR count). The van der Waals surface area contributed by atoms with E-state index in [0.29, 0.717) is 28.8 Å². The van der Waals surface area contributed by atoms with Crippen LogP contribution in [0.15, 0.2) is 54.7 Å². The zero-order valence-corrected chi connectivity index (χ0v) is 18.5. The molecular weight excluding hydrogens is 400 g/mol. The molecule has 0 spiro atoms. The third-order valence-corrected chi connectivity index (χ3v) is 5.64. The lowest BCUT2D eigenvalue weighted by Gasteiger charge is -2.27. The average molecular weight is 431 g/mol. The van der Waals surface area contributed by atoms with Crippen molar-refractivity contribution >= 4 is 11.7 Å². The maximum absolute atomic E-state index is 8.38. The lowest BCUT2D eigenvalue weighted by atomic mass is 9.92. The van der Waals surface area contributed by atoms with Gasteiger partial charge in [0.25, 0.3) is 0 Å². The number of nitrogens with zero attached hydrogens (tertiary/aromatic N) is 2. The van der Waals surface area contributed by atoms with Crippen LogP contribution in [-0.4, -0.2) is 29.0 Å². The van der Waals surface area contributed by atoms with Crippen molar-refractivity contribution in [3.05, 3.63) is 77.1 Å². The number of ether oxygens (including phenoxy) is 1. The van der Waals surface area contributed by atoms with E-state index in [1.54, 1.807) is 6.20 Å². The first-order chi connectivity index (χ1) is 15.4. The van der Waals surface area contributed by atoms with Crippen LogP contribution in [0.3, 0.4) is 0 Å². The number of benzene rings is 2. The molecule has 32 heavy (non-hydrogen) atoms. The predicted molar refractivity (Wildman–Crippen MR) is 127 cm³/mol. The van der Waals surface area contributed by atoms with Crippen LogP contribution in [0.2, 0.25) is 0 Å². The van der Waals surface area contributed by atoms with Crippen LogP contribution >= 0.6 is 0 Å². The van der Waals surface area contributed by atoms with Gasteiger partial charge in [0.1, 0.15) is 5.69 Å². The minimum atomic E-state index is -0.996. The summed E-state index contributed by atoms with van der Waals surface area (Å²) >= 11 is 0. The van der Waals surface area contributed by atoms with Gasteiger partial charge in [0, 0.05) is 30.1 Å². The fraction of sp³-hybridized carbons (Fsp3) is 0.320. The van der Waals surface area contributed by atoms with E-state index in [9.17, 15) is 0 Å². The summed E-state index contributed by atoms with van der Waals surface area (Å²) in [6.07, 6.45) is 1.66. The second-order valence-corrected chi connectivity index (χ2v) is 8.67. The zero-order chi connectivity index (χ0) is 22.7. The highest BCUT2D eigenvalue weighted by Gasteiger charge is 2.21. The van der Waals surface area contributed by atoms with Crippen molar-refractivity contribution in [1.29, 1.82) is 5.41 Å². The van der Waals surface area contributed by atoms with E-state index >= 15 is 0 Å². The second-order valence-electron chi connectivity index (χ2n) is 8.67. The first-order valence-corrected chi connectivity index (χ1v) is 10.9. The molecule has 7 heteroatoms. The highest BCUT2D eigenvalue weighted by molar-refractivity contribution is 5.92. The lowest BCUT2D eigenvalue weighted by Crippen LogP contribution is -2.39. The van der Waals surface area contributed by atoms with Crippen LogP contribution in [0.25, 0.3) is 11.3 Å². The standard InChI is InChI=1S/C25H30N6O/c1-15(2)10-16-6-8-17(9-7-16)21-14-30-23(26)22(31-21)25(28)32-24(27)19-5-3-4-18(11-19)20-12-29-13-20/h3-9,11,14-15,20,25,27,29H,10,12-13,28H2,1-2H3,(H2,26,30). The molecule has 1 unspecified atom stereocenters. The number of nitrogen functional groups attached to an aromatic ring is 1. The summed E-state index contributed by atoms with van der Waals surface area (Å²) in [5.74, 6) is 1.25. The molecule has 7 nitrogen and oxygen atoms in total. The van der Waals surface area contributed by atoms with E-state index in [4.69, 9.17) is 21.6 Å². The SMILES string of the molecule is CC(C)Cc1ccc(-c2cnc(N)c(C(N)OC(=N)c3cccc(C4CNC4)c3)n2)cc1. The molecule has 6 N–H and O–H groups in total. The zero-order valence-electron chi connectivity index (χ0n) is 18.5. The largest absolute Gasteiger partial charge is 0.453 e. The third-order valence-electron chi connectivity index (χ3n) is 5.64. The van der Waals surface area contributed by atoms with E-state index in [0.717, 1.165) is 25.1 Å². The molecule has 2 heterocycles. The Morgan fingerprint density at radius 3 is 2.59 bits per heavy atom. The normalized spacial score (nSPS) is 14.8. The Balaban J connectivity index is 1.50. The molecule has 1 saturated heterocycles. The fourth-order valence-electron chi connectivity index (χ4n) is 3.75. The highest BCUT2D eigenvalue weighted by atomic mass is 16.5. The number of rotatable bonds is 7. The summed E-state index contributed by atoms with van der Waals surface area (Å²) in [6.45, 7) is 6.31. The summed E-state index contributed by atoms with van der Waals surface area (Å²) in [7, 11) is 0. The monoisotopic (exact) mass is 430 g/mol. The number of nitrogens with one attached hydrogen (secondary N) is 2. The Hall–Kier alpha value is -3.29. The first kappa shape index (κ1) is 21.9. The molecule has 0 radical (unpaired) electrons. The van der Waals surface area contributed by atoms with Crippen LogP contribution in [0.5, 0.6) is 0 Å². The van der Waals surface area contributed by atoms with Crippen LogP contribution in [0.1, 0.15) is 48.4 Å². The van der Waals surface area contributed by atoms with E-state index in [-0.39, 0.29) is 11.7 Å². The second kappa shape index (κ2) is 9.46. The van der Waals surface area contributed by atoms with E-state index in [2.05, 4.69) is 47.3 Å². The van der Waals surface area contributed by atoms with Crippen molar-refractivity contribution in [3.63, 3.8) is 0 Å². The van der Waals surface area contributed by atoms with Gasteiger partial charge in [-0.15, -0.1) is 0 Å². The average Bonchev–Trinajstić information content (AvgIpc) is 2.73. The van der Waals surface area contributed by atoms with Gasteiger partial charge in [0.2, 0.25) is 5.90 Å². The Morgan fingerprint density at radius 1 is 1.19 bits per heavy atom. The summed E-state index contributed by atoms with van der Waals surface area (Å²) in [4.78, 5) is 8.87. The molecule has 1 aromatic heterocycles. The van der Waals surface area contributed by atoms with Gasteiger partial charge in [-0.25, -0.2) is 9.97 Å². The van der Waals surface area contributed by atoms with Gasteiger partial charge in [-0.2, -0.15) is 0 Å². The van der Waals surface area contributed by atoms with E-state index < -0.39 is 6.23 Å². The number of aromatic nitrogens is 2. The molecule has 2 aromatic carbocycles. The summed E-state index contributed by atoms with van der Waals surface area (Å²) < 4.78 is 5.71. The molecule has 1 aliphatic heterocycles. The molecule has 0 aliphatic carbocycles. The Kier molecular flexibility index (Phi) is 6.48. The molecule has 1 fully saturated rings. The van der Waals surface area contributed by atoms with Gasteiger partial charge in [-0.1, -0.05) is 50.2 Å². The van der Waals surface area contributed by atoms with Crippen LogP contribution in [-0.2, 0) is 11.2 Å². The van der Waals surface area contributed by atoms with Crippen LogP contribution in [0.4, 0.5) is 5.82 Å². The molecule has 1 atom stereocenters. The number of hydrogen-bond donors (Lipinski definition) is 4. The Morgan fingerprint density at radius 2 is 1.94 bits per heavy atom. The van der Waals surface area contributed by atoms with Crippen molar-refractivity contribution in [2.75, 3.05) is 18.8 Å². The first-order valence-electron chi connectivity index (χ1n) is 10.9. The van der Waals surface area contributed by atoms with Crippen LogP contribution < -0.4 is 16.8 Å². The molecule has 0 amide bonds. The van der Waals surface area contributed by atoms with Crippen molar-refractivity contribution < 1.29 is 4.74 Å². The van der Waals surface area contributed by atoms with Crippen molar-refractivity contribution in [1.82, 2.24) is 15.3 Å². The maximum atomic E-state index is 8.38. The predicted octanol–water partition coefficient (Wildman–Crippen LogP) is 3.61. The van der Waals surface area contributed by atoms with Gasteiger partial charge >= 0.3 is 0 Å². The van der Waals surface area contributed by atoms with E-state index in [1.807, 2.05) is 30.3 Å². The molecule has 0 saturated carbocycles.